The maximum absolute atomic E-state index is 13.0. The SMILES string of the molecule is CCOc1ccncc1S(=O)(=O)N1CCC[C@@]12CCOC2. The van der Waals surface area contributed by atoms with E-state index < -0.39 is 10.0 Å². The summed E-state index contributed by atoms with van der Waals surface area (Å²) in [7, 11) is -3.62. The summed E-state index contributed by atoms with van der Waals surface area (Å²) in [5.74, 6) is 0.369. The van der Waals surface area contributed by atoms with Gasteiger partial charge in [-0.1, -0.05) is 0 Å². The Labute approximate surface area is 125 Å². The van der Waals surface area contributed by atoms with Crippen molar-refractivity contribution in [1.29, 1.82) is 0 Å². The first kappa shape index (κ1) is 14.7. The van der Waals surface area contributed by atoms with Crippen molar-refractivity contribution in [1.82, 2.24) is 9.29 Å². The van der Waals surface area contributed by atoms with Crippen molar-refractivity contribution < 1.29 is 17.9 Å². The second-order valence-corrected chi connectivity index (χ2v) is 7.29. The number of rotatable bonds is 4. The fourth-order valence-electron chi connectivity index (χ4n) is 3.23. The van der Waals surface area contributed by atoms with Gasteiger partial charge >= 0.3 is 0 Å². The van der Waals surface area contributed by atoms with Crippen molar-refractivity contribution >= 4 is 10.0 Å². The third-order valence-corrected chi connectivity index (χ3v) is 6.24. The highest BCUT2D eigenvalue weighted by Crippen LogP contribution is 2.41. The molecule has 1 atom stereocenters. The van der Waals surface area contributed by atoms with Crippen molar-refractivity contribution in [2.45, 2.75) is 36.6 Å². The van der Waals surface area contributed by atoms with Gasteiger partial charge in [0.15, 0.2) is 0 Å². The van der Waals surface area contributed by atoms with E-state index in [4.69, 9.17) is 9.47 Å². The van der Waals surface area contributed by atoms with Crippen molar-refractivity contribution in [2.75, 3.05) is 26.4 Å². The zero-order valence-corrected chi connectivity index (χ0v) is 12.9. The first-order valence-corrected chi connectivity index (χ1v) is 8.71. The molecule has 2 fully saturated rings. The molecule has 7 heteroatoms. The van der Waals surface area contributed by atoms with Crippen LogP contribution in [0.1, 0.15) is 26.2 Å². The molecule has 21 heavy (non-hydrogen) atoms. The van der Waals surface area contributed by atoms with Crippen LogP contribution in [0.25, 0.3) is 0 Å². The molecule has 0 aromatic carbocycles. The Kier molecular flexibility index (Phi) is 3.90. The summed E-state index contributed by atoms with van der Waals surface area (Å²) in [5, 5.41) is 0. The summed E-state index contributed by atoms with van der Waals surface area (Å²) in [6.07, 6.45) is 5.41. The molecule has 116 valence electrons. The molecule has 0 radical (unpaired) electrons. The number of pyridine rings is 1. The van der Waals surface area contributed by atoms with Crippen molar-refractivity contribution in [3.05, 3.63) is 18.5 Å². The van der Waals surface area contributed by atoms with Crippen LogP contribution in [0.4, 0.5) is 0 Å². The average molecular weight is 312 g/mol. The maximum Gasteiger partial charge on any atom is 0.248 e. The van der Waals surface area contributed by atoms with Crippen LogP contribution in [0.15, 0.2) is 23.4 Å². The predicted molar refractivity (Wildman–Crippen MR) is 76.7 cm³/mol. The van der Waals surface area contributed by atoms with E-state index in [2.05, 4.69) is 4.98 Å². The lowest BCUT2D eigenvalue weighted by atomic mass is 9.97. The predicted octanol–water partition coefficient (Wildman–Crippen LogP) is 1.42. The number of nitrogens with zero attached hydrogens (tertiary/aromatic N) is 2. The number of aromatic nitrogens is 1. The number of ether oxygens (including phenoxy) is 2. The summed E-state index contributed by atoms with van der Waals surface area (Å²) in [5.41, 5.74) is -0.377. The van der Waals surface area contributed by atoms with Gasteiger partial charge in [0, 0.05) is 19.3 Å². The van der Waals surface area contributed by atoms with Crippen molar-refractivity contribution in [3.63, 3.8) is 0 Å². The molecule has 0 N–H and O–H groups in total. The Morgan fingerprint density at radius 3 is 3.05 bits per heavy atom. The van der Waals surface area contributed by atoms with Gasteiger partial charge in [0.25, 0.3) is 0 Å². The Bertz CT molecular complexity index is 606. The van der Waals surface area contributed by atoms with Gasteiger partial charge < -0.3 is 9.47 Å². The molecular weight excluding hydrogens is 292 g/mol. The van der Waals surface area contributed by atoms with E-state index in [9.17, 15) is 8.42 Å². The van der Waals surface area contributed by atoms with Gasteiger partial charge in [0.2, 0.25) is 10.0 Å². The molecule has 0 saturated carbocycles. The van der Waals surface area contributed by atoms with E-state index in [-0.39, 0.29) is 10.4 Å². The van der Waals surface area contributed by atoms with Crippen molar-refractivity contribution in [2.24, 2.45) is 0 Å². The van der Waals surface area contributed by atoms with Crippen LogP contribution in [0.3, 0.4) is 0 Å². The Morgan fingerprint density at radius 2 is 2.33 bits per heavy atom. The lowest BCUT2D eigenvalue weighted by molar-refractivity contribution is 0.147. The van der Waals surface area contributed by atoms with E-state index in [0.29, 0.717) is 32.1 Å². The molecule has 2 saturated heterocycles. The first-order chi connectivity index (χ1) is 10.1. The van der Waals surface area contributed by atoms with Gasteiger partial charge in [-0.15, -0.1) is 0 Å². The molecule has 3 heterocycles. The largest absolute Gasteiger partial charge is 0.492 e. The molecular formula is C14H20N2O4S. The lowest BCUT2D eigenvalue weighted by Gasteiger charge is -2.32. The van der Waals surface area contributed by atoms with E-state index in [1.54, 1.807) is 16.6 Å². The minimum Gasteiger partial charge on any atom is -0.492 e. The fraction of sp³-hybridized carbons (Fsp3) is 0.643. The van der Waals surface area contributed by atoms with E-state index in [0.717, 1.165) is 19.3 Å². The normalized spacial score (nSPS) is 26.5. The highest BCUT2D eigenvalue weighted by Gasteiger charge is 2.50. The Hall–Kier alpha value is -1.18. The van der Waals surface area contributed by atoms with Gasteiger partial charge in [0.05, 0.1) is 24.9 Å². The van der Waals surface area contributed by atoms with Crippen LogP contribution < -0.4 is 4.74 Å². The minimum atomic E-state index is -3.62. The molecule has 1 aromatic heterocycles. The second-order valence-electron chi connectivity index (χ2n) is 5.46. The van der Waals surface area contributed by atoms with Crippen molar-refractivity contribution in [3.8, 4) is 5.75 Å². The smallest absolute Gasteiger partial charge is 0.248 e. The molecule has 0 unspecified atom stereocenters. The Morgan fingerprint density at radius 1 is 1.48 bits per heavy atom. The average Bonchev–Trinajstić information content (AvgIpc) is 3.11. The first-order valence-electron chi connectivity index (χ1n) is 7.27. The van der Waals surface area contributed by atoms with Gasteiger partial charge in [-0.2, -0.15) is 4.31 Å². The summed E-state index contributed by atoms with van der Waals surface area (Å²) in [6, 6.07) is 1.60. The van der Waals surface area contributed by atoms with Crippen LogP contribution in [0, 0.1) is 0 Å². The zero-order chi connectivity index (χ0) is 14.9. The van der Waals surface area contributed by atoms with Crippen LogP contribution in [-0.2, 0) is 14.8 Å². The van der Waals surface area contributed by atoms with E-state index >= 15 is 0 Å². The molecule has 0 aliphatic carbocycles. The molecule has 2 aliphatic rings. The summed E-state index contributed by atoms with van der Waals surface area (Å²) >= 11 is 0. The second kappa shape index (κ2) is 5.55. The number of sulfonamides is 1. The van der Waals surface area contributed by atoms with Crippen LogP contribution >= 0.6 is 0 Å². The highest BCUT2D eigenvalue weighted by atomic mass is 32.2. The molecule has 6 nitrogen and oxygen atoms in total. The third-order valence-electron chi connectivity index (χ3n) is 4.23. The summed E-state index contributed by atoms with van der Waals surface area (Å²) < 4.78 is 38.6. The maximum atomic E-state index is 13.0. The fourth-order valence-corrected chi connectivity index (χ4v) is 5.16. The molecule has 1 spiro atoms. The van der Waals surface area contributed by atoms with Crippen LogP contribution in [0.5, 0.6) is 5.75 Å². The molecule has 0 amide bonds. The molecule has 2 aliphatic heterocycles. The van der Waals surface area contributed by atoms with Gasteiger partial charge in [-0.3, -0.25) is 4.98 Å². The zero-order valence-electron chi connectivity index (χ0n) is 12.1. The van der Waals surface area contributed by atoms with Gasteiger partial charge in [0.1, 0.15) is 10.6 Å². The van der Waals surface area contributed by atoms with Crippen LogP contribution in [0.2, 0.25) is 0 Å². The van der Waals surface area contributed by atoms with E-state index in [1.807, 2.05) is 6.92 Å². The highest BCUT2D eigenvalue weighted by molar-refractivity contribution is 7.89. The van der Waals surface area contributed by atoms with Crippen LogP contribution in [-0.4, -0.2) is 49.6 Å². The third kappa shape index (κ3) is 2.43. The monoisotopic (exact) mass is 312 g/mol. The quantitative estimate of drug-likeness (QED) is 0.841. The van der Waals surface area contributed by atoms with E-state index in [1.165, 1.54) is 6.20 Å². The van der Waals surface area contributed by atoms with Gasteiger partial charge in [-0.25, -0.2) is 8.42 Å². The number of hydrogen-bond acceptors (Lipinski definition) is 5. The topological polar surface area (TPSA) is 68.7 Å². The summed E-state index contributed by atoms with van der Waals surface area (Å²) in [6.45, 7) is 3.89. The summed E-state index contributed by atoms with van der Waals surface area (Å²) in [4.78, 5) is 4.12. The Balaban J connectivity index is 2.01. The number of hydrogen-bond donors (Lipinski definition) is 0. The minimum absolute atomic E-state index is 0.153. The lowest BCUT2D eigenvalue weighted by Crippen LogP contribution is -2.47. The molecule has 3 rings (SSSR count). The molecule has 1 aromatic rings. The van der Waals surface area contributed by atoms with Gasteiger partial charge in [-0.05, 0) is 32.3 Å². The molecule has 0 bridgehead atoms. The standard InChI is InChI=1S/C14H20N2O4S/c1-2-20-12-4-7-15-10-13(12)21(17,18)16-8-3-5-14(16)6-9-19-11-14/h4,7,10H,2-3,5-6,8-9,11H2,1H3/t14-/m0/s1.